The lowest BCUT2D eigenvalue weighted by atomic mass is 9.97. The summed E-state index contributed by atoms with van der Waals surface area (Å²) in [5.74, 6) is -0.484. The molecule has 2 unspecified atom stereocenters. The molecular formula is C23H30FN3O3S. The van der Waals surface area contributed by atoms with Gasteiger partial charge in [-0.1, -0.05) is 23.8 Å². The average Bonchev–Trinajstić information content (AvgIpc) is 2.75. The summed E-state index contributed by atoms with van der Waals surface area (Å²) >= 11 is 0. The summed E-state index contributed by atoms with van der Waals surface area (Å²) in [7, 11) is -3.56. The molecule has 1 saturated heterocycles. The minimum atomic E-state index is -3.56. The molecule has 8 heteroatoms. The molecule has 6 nitrogen and oxygen atoms in total. The van der Waals surface area contributed by atoms with E-state index in [0.29, 0.717) is 18.8 Å². The van der Waals surface area contributed by atoms with Crippen LogP contribution >= 0.6 is 0 Å². The Morgan fingerprint density at radius 1 is 1.19 bits per heavy atom. The minimum absolute atomic E-state index is 0.111. The van der Waals surface area contributed by atoms with E-state index in [1.807, 2.05) is 20.8 Å². The maximum absolute atomic E-state index is 13.5. The second kappa shape index (κ2) is 9.89. The van der Waals surface area contributed by atoms with Crippen molar-refractivity contribution in [2.24, 2.45) is 5.92 Å². The fraction of sp³-hybridized carbons (Fsp3) is 0.435. The molecule has 0 radical (unpaired) electrons. The average molecular weight is 448 g/mol. The maximum atomic E-state index is 13.5. The van der Waals surface area contributed by atoms with Crippen LogP contribution in [0.15, 0.2) is 47.4 Å². The van der Waals surface area contributed by atoms with E-state index in [-0.39, 0.29) is 16.7 Å². The lowest BCUT2D eigenvalue weighted by molar-refractivity contribution is -0.121. The number of nitrogens with one attached hydrogen (secondary N) is 2. The van der Waals surface area contributed by atoms with Crippen molar-refractivity contribution in [2.45, 2.75) is 44.6 Å². The van der Waals surface area contributed by atoms with Gasteiger partial charge >= 0.3 is 0 Å². The van der Waals surface area contributed by atoms with E-state index in [2.05, 4.69) is 14.9 Å². The van der Waals surface area contributed by atoms with Crippen LogP contribution < -0.4 is 10.0 Å². The smallest absolute Gasteiger partial charge is 0.241 e. The first kappa shape index (κ1) is 23.4. The molecule has 0 saturated carbocycles. The van der Waals surface area contributed by atoms with Gasteiger partial charge in [0.2, 0.25) is 15.9 Å². The van der Waals surface area contributed by atoms with Gasteiger partial charge in [-0.25, -0.2) is 17.5 Å². The number of carbonyl (C=O) groups excluding carboxylic acids is 1. The molecule has 0 aliphatic carbocycles. The van der Waals surface area contributed by atoms with Gasteiger partial charge in [0.15, 0.2) is 0 Å². The Hall–Kier alpha value is -2.29. The van der Waals surface area contributed by atoms with Gasteiger partial charge in [-0.2, -0.15) is 0 Å². The first-order chi connectivity index (χ1) is 14.7. The maximum Gasteiger partial charge on any atom is 0.241 e. The first-order valence-corrected chi connectivity index (χ1v) is 12.0. The largest absolute Gasteiger partial charge is 0.324 e. The Morgan fingerprint density at radius 3 is 2.61 bits per heavy atom. The zero-order chi connectivity index (χ0) is 22.6. The molecule has 1 aliphatic rings. The van der Waals surface area contributed by atoms with Crippen LogP contribution in [-0.2, 0) is 14.8 Å². The molecular weight excluding hydrogens is 417 g/mol. The summed E-state index contributed by atoms with van der Waals surface area (Å²) < 4.78 is 41.3. The molecule has 2 aromatic carbocycles. The Bertz CT molecular complexity index is 1020. The topological polar surface area (TPSA) is 78.5 Å². The lowest BCUT2D eigenvalue weighted by Gasteiger charge is -2.36. The monoisotopic (exact) mass is 447 g/mol. The second-order valence-corrected chi connectivity index (χ2v) is 10.1. The number of nitrogens with zero attached hydrogens (tertiary/aromatic N) is 1. The summed E-state index contributed by atoms with van der Waals surface area (Å²) in [6, 6.07) is 10.7. The summed E-state index contributed by atoms with van der Waals surface area (Å²) in [5, 5.41) is 2.81. The number of halogens is 1. The number of piperidine rings is 1. The molecule has 3 rings (SSSR count). The van der Waals surface area contributed by atoms with Crippen LogP contribution in [0.2, 0.25) is 0 Å². The van der Waals surface area contributed by atoms with Crippen molar-refractivity contribution in [3.05, 3.63) is 59.4 Å². The Balaban J connectivity index is 1.57. The predicted octanol–water partition coefficient (Wildman–Crippen LogP) is 3.46. The number of rotatable bonds is 7. The second-order valence-electron chi connectivity index (χ2n) is 8.29. The fourth-order valence-corrected chi connectivity index (χ4v) is 4.89. The summed E-state index contributed by atoms with van der Waals surface area (Å²) in [5.41, 5.74) is 2.27. The molecule has 2 atom stereocenters. The number of benzene rings is 2. The third kappa shape index (κ3) is 6.12. The number of carbonyl (C=O) groups is 1. The molecule has 2 aromatic rings. The van der Waals surface area contributed by atoms with Gasteiger partial charge in [-0.05, 0) is 75.9 Å². The SMILES string of the molecule is Cc1ccc(S(=O)(=O)NCC2CCCN(C(C)C(=O)Nc3cc(F)ccc3C)C2)cc1. The van der Waals surface area contributed by atoms with E-state index < -0.39 is 21.9 Å². The van der Waals surface area contributed by atoms with Crippen molar-refractivity contribution in [1.29, 1.82) is 0 Å². The fourth-order valence-electron chi connectivity index (χ4n) is 3.78. The molecule has 0 bridgehead atoms. The Labute approximate surface area is 183 Å². The summed E-state index contributed by atoms with van der Waals surface area (Å²) in [4.78, 5) is 15.0. The van der Waals surface area contributed by atoms with Crippen LogP contribution in [0.25, 0.3) is 0 Å². The van der Waals surface area contributed by atoms with Crippen LogP contribution in [0.3, 0.4) is 0 Å². The number of amides is 1. The van der Waals surface area contributed by atoms with Crippen LogP contribution in [0.5, 0.6) is 0 Å². The highest BCUT2D eigenvalue weighted by molar-refractivity contribution is 7.89. The van der Waals surface area contributed by atoms with E-state index in [9.17, 15) is 17.6 Å². The molecule has 168 valence electrons. The molecule has 1 amide bonds. The third-order valence-electron chi connectivity index (χ3n) is 5.83. The van der Waals surface area contributed by atoms with Crippen LogP contribution in [0, 0.1) is 25.6 Å². The van der Waals surface area contributed by atoms with Gasteiger partial charge in [-0.3, -0.25) is 9.69 Å². The Morgan fingerprint density at radius 2 is 1.90 bits per heavy atom. The van der Waals surface area contributed by atoms with E-state index in [0.717, 1.165) is 30.5 Å². The van der Waals surface area contributed by atoms with Gasteiger partial charge in [0.05, 0.1) is 10.9 Å². The van der Waals surface area contributed by atoms with Crippen molar-refractivity contribution in [2.75, 3.05) is 25.0 Å². The number of likely N-dealkylation sites (tertiary alicyclic amines) is 1. The normalized spacial score (nSPS) is 18.5. The van der Waals surface area contributed by atoms with Crippen molar-refractivity contribution < 1.29 is 17.6 Å². The van der Waals surface area contributed by atoms with E-state index >= 15 is 0 Å². The van der Waals surface area contributed by atoms with E-state index in [1.54, 1.807) is 30.3 Å². The molecule has 31 heavy (non-hydrogen) atoms. The van der Waals surface area contributed by atoms with Crippen molar-refractivity contribution >= 4 is 21.6 Å². The number of sulfonamides is 1. The van der Waals surface area contributed by atoms with Crippen LogP contribution in [0.1, 0.15) is 30.9 Å². The quantitative estimate of drug-likeness (QED) is 0.681. The number of hydrogen-bond acceptors (Lipinski definition) is 4. The molecule has 1 fully saturated rings. The van der Waals surface area contributed by atoms with Gasteiger partial charge in [0.1, 0.15) is 5.82 Å². The molecule has 1 aliphatic heterocycles. The van der Waals surface area contributed by atoms with E-state index in [1.165, 1.54) is 12.1 Å². The third-order valence-corrected chi connectivity index (χ3v) is 7.27. The Kier molecular flexibility index (Phi) is 7.46. The van der Waals surface area contributed by atoms with Crippen molar-refractivity contribution in [3.63, 3.8) is 0 Å². The van der Waals surface area contributed by atoms with Crippen molar-refractivity contribution in [1.82, 2.24) is 9.62 Å². The lowest BCUT2D eigenvalue weighted by Crippen LogP contribution is -2.49. The predicted molar refractivity (Wildman–Crippen MR) is 120 cm³/mol. The highest BCUT2D eigenvalue weighted by atomic mass is 32.2. The zero-order valence-electron chi connectivity index (χ0n) is 18.2. The molecule has 2 N–H and O–H groups in total. The van der Waals surface area contributed by atoms with Gasteiger partial charge < -0.3 is 5.32 Å². The van der Waals surface area contributed by atoms with Crippen LogP contribution in [0.4, 0.5) is 10.1 Å². The van der Waals surface area contributed by atoms with Gasteiger partial charge in [-0.15, -0.1) is 0 Å². The highest BCUT2D eigenvalue weighted by Crippen LogP contribution is 2.21. The van der Waals surface area contributed by atoms with Gasteiger partial charge in [0, 0.05) is 18.8 Å². The summed E-state index contributed by atoms with van der Waals surface area (Å²) in [6.45, 7) is 7.25. The number of hydrogen-bond donors (Lipinski definition) is 2. The number of anilines is 1. The molecule has 0 spiro atoms. The highest BCUT2D eigenvalue weighted by Gasteiger charge is 2.28. The van der Waals surface area contributed by atoms with Gasteiger partial charge in [0.25, 0.3) is 0 Å². The van der Waals surface area contributed by atoms with Crippen molar-refractivity contribution in [3.8, 4) is 0 Å². The molecule has 0 aromatic heterocycles. The summed E-state index contributed by atoms with van der Waals surface area (Å²) in [6.07, 6.45) is 1.78. The van der Waals surface area contributed by atoms with Crippen LogP contribution in [-0.4, -0.2) is 44.9 Å². The standard InChI is InChI=1S/C23H30FN3O3S/c1-16-6-10-21(11-7-16)31(29,30)25-14-19-5-4-12-27(15-19)18(3)23(28)26-22-13-20(24)9-8-17(22)2/h6-11,13,18-19,25H,4-5,12,14-15H2,1-3H3,(H,26,28). The molecule has 1 heterocycles. The first-order valence-electron chi connectivity index (χ1n) is 10.5. The van der Waals surface area contributed by atoms with E-state index in [4.69, 9.17) is 0 Å². The minimum Gasteiger partial charge on any atom is -0.324 e. The zero-order valence-corrected chi connectivity index (χ0v) is 19.0. The number of aryl methyl sites for hydroxylation is 2.